The summed E-state index contributed by atoms with van der Waals surface area (Å²) in [4.78, 5) is 1.24. The molecule has 0 aromatic heterocycles. The van der Waals surface area contributed by atoms with Gasteiger partial charge in [-0.3, -0.25) is 0 Å². The maximum Gasteiger partial charge on any atom is 0.115 e. The van der Waals surface area contributed by atoms with Gasteiger partial charge in [-0.2, -0.15) is 0 Å². The van der Waals surface area contributed by atoms with Crippen molar-refractivity contribution in [3.63, 3.8) is 0 Å². The number of thiol groups is 1. The van der Waals surface area contributed by atoms with Crippen LogP contribution in [0.1, 0.15) is 5.56 Å². The molecule has 1 nitrogen and oxygen atoms in total. The fourth-order valence-corrected chi connectivity index (χ4v) is 3.88. The van der Waals surface area contributed by atoms with Crippen LogP contribution < -0.4 is 0 Å². The molecule has 0 atom stereocenters. The highest BCUT2D eigenvalue weighted by atomic mass is 33.5. The van der Waals surface area contributed by atoms with E-state index in [1.165, 1.54) is 14.7 Å². The average Bonchev–Trinajstić information content (AvgIpc) is 2.15. The molecule has 0 heterocycles. The highest BCUT2D eigenvalue weighted by molar-refractivity contribution is 9.05. The third kappa shape index (κ3) is 4.29. The van der Waals surface area contributed by atoms with E-state index in [1.807, 2.05) is 24.8 Å². The molecule has 0 aliphatic carbocycles. The van der Waals surface area contributed by atoms with Gasteiger partial charge in [0.2, 0.25) is 0 Å². The van der Waals surface area contributed by atoms with Gasteiger partial charge in [0, 0.05) is 16.4 Å². The van der Waals surface area contributed by atoms with E-state index in [4.69, 9.17) is 0 Å². The summed E-state index contributed by atoms with van der Waals surface area (Å²) in [6, 6.07) is 5.49. The molecule has 1 N–H and O–H groups in total. The molecule has 0 bridgehead atoms. The number of hydrogen-bond donors (Lipinski definition) is 2. The van der Waals surface area contributed by atoms with E-state index in [0.29, 0.717) is 5.75 Å². The molecule has 0 aliphatic heterocycles. The van der Waals surface area contributed by atoms with Gasteiger partial charge in [0.25, 0.3) is 0 Å². The van der Waals surface area contributed by atoms with E-state index >= 15 is 0 Å². The normalized spacial score (nSPS) is 10.4. The van der Waals surface area contributed by atoms with E-state index in [9.17, 15) is 5.11 Å². The van der Waals surface area contributed by atoms with E-state index in [-0.39, 0.29) is 0 Å². The van der Waals surface area contributed by atoms with Gasteiger partial charge in [-0.15, -0.1) is 11.8 Å². The quantitative estimate of drug-likeness (QED) is 0.362. The van der Waals surface area contributed by atoms with Crippen LogP contribution in [0.4, 0.5) is 0 Å². The summed E-state index contributed by atoms with van der Waals surface area (Å²) < 4.78 is 0. The Balaban J connectivity index is 2.42. The van der Waals surface area contributed by atoms with Gasteiger partial charge in [0.1, 0.15) is 5.75 Å². The number of phenols is 1. The Kier molecular flexibility index (Phi) is 6.09. The van der Waals surface area contributed by atoms with Gasteiger partial charge in [-0.1, -0.05) is 22.5 Å². The molecule has 14 heavy (non-hydrogen) atoms. The van der Waals surface area contributed by atoms with E-state index in [1.54, 1.807) is 22.9 Å². The lowest BCUT2D eigenvalue weighted by molar-refractivity contribution is 0.474. The number of hydrogen-bond acceptors (Lipinski definition) is 5. The fraction of sp³-hybridized carbons (Fsp3) is 0.333. The Morgan fingerprint density at radius 3 is 2.79 bits per heavy atom. The first kappa shape index (κ1) is 12.5. The molecule has 0 fully saturated rings. The Labute approximate surface area is 102 Å². The maximum absolute atomic E-state index is 9.22. The predicted octanol–water partition coefficient (Wildman–Crippen LogP) is 4.02. The van der Waals surface area contributed by atoms with Crippen LogP contribution in [0.5, 0.6) is 5.75 Å². The maximum atomic E-state index is 9.22. The minimum absolute atomic E-state index is 0.340. The van der Waals surface area contributed by atoms with Crippen molar-refractivity contribution in [3.8, 4) is 5.75 Å². The highest BCUT2D eigenvalue weighted by Crippen LogP contribution is 2.29. The molecule has 0 aliphatic rings. The lowest BCUT2D eigenvalue weighted by Gasteiger charge is -2.04. The van der Waals surface area contributed by atoms with Gasteiger partial charge in [-0.05, 0) is 40.5 Å². The second-order valence-electron chi connectivity index (χ2n) is 2.69. The first-order chi connectivity index (χ1) is 6.74. The Morgan fingerprint density at radius 2 is 2.14 bits per heavy atom. The molecule has 0 amide bonds. The second kappa shape index (κ2) is 6.82. The molecule has 0 radical (unpaired) electrons. The molecule has 5 heteroatoms. The monoisotopic (exact) mass is 264 g/mol. The van der Waals surface area contributed by atoms with E-state index < -0.39 is 0 Å². The minimum Gasteiger partial charge on any atom is -0.508 e. The molecule has 0 saturated heterocycles. The van der Waals surface area contributed by atoms with Crippen LogP contribution in [-0.2, 0) is 0 Å². The third-order valence-corrected chi connectivity index (χ3v) is 5.31. The molecule has 1 aromatic carbocycles. The Morgan fingerprint density at radius 1 is 1.36 bits per heavy atom. The van der Waals surface area contributed by atoms with Gasteiger partial charge < -0.3 is 5.11 Å². The Bertz CT molecular complexity index is 290. The topological polar surface area (TPSA) is 20.2 Å². The van der Waals surface area contributed by atoms with Gasteiger partial charge in [-0.25, -0.2) is 0 Å². The summed E-state index contributed by atoms with van der Waals surface area (Å²) in [5.41, 5.74) is 1.14. The zero-order valence-corrected chi connectivity index (χ0v) is 11.1. The number of phenolic OH excluding ortho intramolecular Hbond substituents is 1. The van der Waals surface area contributed by atoms with Crippen molar-refractivity contribution in [2.45, 2.75) is 11.8 Å². The number of rotatable bonds is 5. The molecular formula is C9H12OS4. The van der Waals surface area contributed by atoms with Crippen LogP contribution >= 0.6 is 44.0 Å². The molecule has 1 aromatic rings. The zero-order valence-electron chi connectivity index (χ0n) is 7.77. The van der Waals surface area contributed by atoms with E-state index in [2.05, 4.69) is 11.7 Å². The molecule has 1 rings (SSSR count). The largest absolute Gasteiger partial charge is 0.508 e. The van der Waals surface area contributed by atoms with Crippen LogP contribution in [0.2, 0.25) is 0 Å². The summed E-state index contributed by atoms with van der Waals surface area (Å²) in [7, 11) is 3.25. The predicted molar refractivity (Wildman–Crippen MR) is 72.6 cm³/mol. The van der Waals surface area contributed by atoms with Crippen molar-refractivity contribution in [1.82, 2.24) is 0 Å². The molecule has 78 valence electrons. The van der Waals surface area contributed by atoms with E-state index in [0.717, 1.165) is 17.1 Å². The molecule has 0 spiro atoms. The number of aromatic hydroxyl groups is 1. The summed E-state index contributed by atoms with van der Waals surface area (Å²) in [5.74, 6) is 2.50. The zero-order chi connectivity index (χ0) is 10.4. The molecule has 0 unspecified atom stereocenters. The minimum atomic E-state index is 0.340. The van der Waals surface area contributed by atoms with Crippen molar-refractivity contribution >= 4 is 44.0 Å². The summed E-state index contributed by atoms with van der Waals surface area (Å²) in [6.07, 6.45) is 0. The van der Waals surface area contributed by atoms with Crippen molar-refractivity contribution in [2.75, 3.05) is 11.5 Å². The standard InChI is InChI=1S/C9H12OS4/c1-7-6-8(10)2-3-9(7)12-4-5-13-14-11/h2-3,6,10-11H,4-5H2,1H3. The number of benzene rings is 1. The lowest BCUT2D eigenvalue weighted by Crippen LogP contribution is -1.84. The summed E-state index contributed by atoms with van der Waals surface area (Å²) in [5, 5.41) is 9.22. The van der Waals surface area contributed by atoms with Crippen LogP contribution in [-0.4, -0.2) is 16.6 Å². The number of aryl methyl sites for hydroxylation is 1. The Hall–Kier alpha value is 0.420. The SMILES string of the molecule is Cc1cc(O)ccc1SCCSSS. The second-order valence-corrected chi connectivity index (χ2v) is 7.12. The van der Waals surface area contributed by atoms with Crippen molar-refractivity contribution < 1.29 is 5.11 Å². The molecule has 0 saturated carbocycles. The first-order valence-electron chi connectivity index (χ1n) is 4.09. The van der Waals surface area contributed by atoms with Crippen LogP contribution in [0.15, 0.2) is 23.1 Å². The van der Waals surface area contributed by atoms with Crippen molar-refractivity contribution in [2.24, 2.45) is 0 Å². The van der Waals surface area contributed by atoms with Gasteiger partial charge in [0.15, 0.2) is 0 Å². The van der Waals surface area contributed by atoms with Crippen LogP contribution in [0, 0.1) is 6.92 Å². The summed E-state index contributed by atoms with van der Waals surface area (Å²) in [6.45, 7) is 2.02. The van der Waals surface area contributed by atoms with Crippen LogP contribution in [0.25, 0.3) is 0 Å². The average molecular weight is 264 g/mol. The summed E-state index contributed by atoms with van der Waals surface area (Å²) >= 11 is 5.87. The lowest BCUT2D eigenvalue weighted by atomic mass is 10.2. The first-order valence-corrected chi connectivity index (χ1v) is 8.45. The van der Waals surface area contributed by atoms with Gasteiger partial charge in [0.05, 0.1) is 0 Å². The van der Waals surface area contributed by atoms with Crippen molar-refractivity contribution in [3.05, 3.63) is 23.8 Å². The fourth-order valence-electron chi connectivity index (χ4n) is 1.02. The van der Waals surface area contributed by atoms with Crippen LogP contribution in [0.3, 0.4) is 0 Å². The highest BCUT2D eigenvalue weighted by Gasteiger charge is 1.99. The third-order valence-electron chi connectivity index (χ3n) is 1.64. The van der Waals surface area contributed by atoms with Crippen molar-refractivity contribution in [1.29, 1.82) is 0 Å². The van der Waals surface area contributed by atoms with Gasteiger partial charge >= 0.3 is 0 Å². The molecular weight excluding hydrogens is 252 g/mol. The smallest absolute Gasteiger partial charge is 0.115 e. The number of thioether (sulfide) groups is 1.